The summed E-state index contributed by atoms with van der Waals surface area (Å²) in [5.41, 5.74) is 0.710. The van der Waals surface area contributed by atoms with E-state index in [0.717, 1.165) is 35.9 Å². The first-order valence-electron chi connectivity index (χ1n) is 9.85. The summed E-state index contributed by atoms with van der Waals surface area (Å²) in [6, 6.07) is 4.75. The van der Waals surface area contributed by atoms with Gasteiger partial charge in [0, 0.05) is 48.4 Å². The molecule has 3 heterocycles. The highest BCUT2D eigenvalue weighted by atomic mass is 32.2. The van der Waals surface area contributed by atoms with Crippen LogP contribution in [-0.2, 0) is 15.8 Å². The molecule has 4 N–H and O–H groups in total. The molecule has 0 spiro atoms. The number of hydrogen-bond acceptors (Lipinski definition) is 12. The lowest BCUT2D eigenvalue weighted by atomic mass is 10.3. The first-order valence-corrected chi connectivity index (χ1v) is 13.0. The zero-order valence-corrected chi connectivity index (χ0v) is 19.9. The smallest absolute Gasteiger partial charge is 0.222 e. The van der Waals surface area contributed by atoms with E-state index < -0.39 is 17.2 Å². The fourth-order valence-corrected chi connectivity index (χ4v) is 4.30. The molecule has 1 saturated heterocycles. The van der Waals surface area contributed by atoms with Crippen LogP contribution in [0.5, 0.6) is 0 Å². The Morgan fingerprint density at radius 1 is 1.28 bits per heavy atom. The topological polar surface area (TPSA) is 144 Å². The number of aliphatic hydroxyl groups excluding tert-OH is 1. The summed E-state index contributed by atoms with van der Waals surface area (Å²) in [7, 11) is 0. The number of morpholine rings is 1. The lowest BCUT2D eigenvalue weighted by Crippen LogP contribution is -2.30. The van der Waals surface area contributed by atoms with Gasteiger partial charge in [-0.1, -0.05) is 11.3 Å². The number of nitrogens with one attached hydrogen (secondary N) is 3. The van der Waals surface area contributed by atoms with Gasteiger partial charge in [0.25, 0.3) is 0 Å². The van der Waals surface area contributed by atoms with Crippen LogP contribution in [0.4, 0.5) is 11.1 Å². The normalized spacial score (nSPS) is 15.5. The molecule has 1 aromatic carbocycles. The van der Waals surface area contributed by atoms with Gasteiger partial charge in [-0.2, -0.15) is 0 Å². The number of thiazole rings is 1. The summed E-state index contributed by atoms with van der Waals surface area (Å²) in [5.74, 6) is 0.458. The first-order chi connectivity index (χ1) is 15.5. The average molecular weight is 498 g/mol. The van der Waals surface area contributed by atoms with E-state index in [0.29, 0.717) is 16.6 Å². The number of anilines is 2. The van der Waals surface area contributed by atoms with E-state index in [1.165, 1.54) is 17.4 Å². The Bertz CT molecular complexity index is 989. The Hall–Kier alpha value is -1.87. The van der Waals surface area contributed by atoms with Gasteiger partial charge in [0.1, 0.15) is 0 Å². The number of ether oxygens (including phenoxy) is 1. The SMILES string of the molecule is C1COCCN1.CSc1cnc(NCC(O)CNc2nc3ccc(S(=O)[O-])cc3s2)nc1. The maximum atomic E-state index is 11.0. The third-order valence-electron chi connectivity index (χ3n) is 4.25. The molecule has 32 heavy (non-hydrogen) atoms. The standard InChI is InChI=1S/C15H17N5O3S3.C4H9NO/c1-24-10-7-17-14(18-8-10)16-5-9(21)6-19-15-20-12-3-2-11(26(22)23)4-13(12)25-15;1-3-6-4-2-5-1/h2-4,7-9,21H,5-6H2,1H3,(H,19,20)(H,22,23)(H,16,17,18);5H,1-4H2/p-1. The Kier molecular flexibility index (Phi) is 10.1. The lowest BCUT2D eigenvalue weighted by molar-refractivity contribution is 0.109. The van der Waals surface area contributed by atoms with E-state index >= 15 is 0 Å². The molecule has 174 valence electrons. The van der Waals surface area contributed by atoms with Crippen molar-refractivity contribution < 1.29 is 18.6 Å². The van der Waals surface area contributed by atoms with Crippen molar-refractivity contribution in [3.8, 4) is 0 Å². The van der Waals surface area contributed by atoms with Crippen molar-refractivity contribution in [2.45, 2.75) is 15.9 Å². The van der Waals surface area contributed by atoms with Crippen molar-refractivity contribution in [1.82, 2.24) is 20.3 Å². The minimum absolute atomic E-state index is 0.226. The molecule has 0 bridgehead atoms. The van der Waals surface area contributed by atoms with Gasteiger partial charge in [-0.15, -0.1) is 11.8 Å². The van der Waals surface area contributed by atoms with Crippen LogP contribution in [0.2, 0.25) is 0 Å². The highest BCUT2D eigenvalue weighted by Crippen LogP contribution is 2.27. The fraction of sp³-hybridized carbons (Fsp3) is 0.421. The van der Waals surface area contributed by atoms with Crippen LogP contribution in [0.15, 0.2) is 40.4 Å². The number of benzene rings is 1. The summed E-state index contributed by atoms with van der Waals surface area (Å²) in [4.78, 5) is 13.9. The van der Waals surface area contributed by atoms with Crippen LogP contribution in [0, 0.1) is 0 Å². The second-order valence-electron chi connectivity index (χ2n) is 6.61. The van der Waals surface area contributed by atoms with Crippen molar-refractivity contribution in [3.63, 3.8) is 0 Å². The van der Waals surface area contributed by atoms with Gasteiger partial charge in [0.05, 0.1) is 29.5 Å². The number of aliphatic hydroxyl groups is 1. The molecule has 13 heteroatoms. The van der Waals surface area contributed by atoms with Crippen molar-refractivity contribution in [1.29, 1.82) is 0 Å². The molecule has 3 aromatic rings. The predicted octanol–water partition coefficient (Wildman–Crippen LogP) is 1.54. The van der Waals surface area contributed by atoms with Crippen molar-refractivity contribution in [2.75, 3.05) is 56.3 Å². The molecule has 1 aliphatic rings. The number of nitrogens with zero attached hydrogens (tertiary/aromatic N) is 3. The predicted molar refractivity (Wildman–Crippen MR) is 127 cm³/mol. The third-order valence-corrected chi connectivity index (χ3v) is 6.54. The van der Waals surface area contributed by atoms with Crippen molar-refractivity contribution in [2.24, 2.45) is 0 Å². The van der Waals surface area contributed by atoms with Crippen LogP contribution in [-0.4, -0.2) is 80.6 Å². The van der Waals surface area contributed by atoms with E-state index in [-0.39, 0.29) is 18.0 Å². The summed E-state index contributed by atoms with van der Waals surface area (Å²) < 4.78 is 27.8. The van der Waals surface area contributed by atoms with Crippen LogP contribution < -0.4 is 16.0 Å². The summed E-state index contributed by atoms with van der Waals surface area (Å²) in [6.45, 7) is 4.41. The Morgan fingerprint density at radius 2 is 2.00 bits per heavy atom. The second kappa shape index (κ2) is 13.0. The average Bonchev–Trinajstić information content (AvgIpc) is 3.25. The van der Waals surface area contributed by atoms with E-state index in [9.17, 15) is 13.9 Å². The largest absolute Gasteiger partial charge is 0.768 e. The Morgan fingerprint density at radius 3 is 2.59 bits per heavy atom. The molecule has 2 aromatic heterocycles. The Balaban J connectivity index is 0.000000416. The highest BCUT2D eigenvalue weighted by molar-refractivity contribution is 7.98. The van der Waals surface area contributed by atoms with Crippen LogP contribution in [0.3, 0.4) is 0 Å². The molecule has 0 amide bonds. The molecule has 10 nitrogen and oxygen atoms in total. The van der Waals surface area contributed by atoms with Gasteiger partial charge in [-0.25, -0.2) is 15.0 Å². The van der Waals surface area contributed by atoms with Gasteiger partial charge in [0.15, 0.2) is 5.13 Å². The lowest BCUT2D eigenvalue weighted by Gasteiger charge is -2.12. The molecular weight excluding hydrogens is 472 g/mol. The minimum atomic E-state index is -2.26. The Labute approximate surface area is 196 Å². The zero-order valence-electron chi connectivity index (χ0n) is 17.4. The minimum Gasteiger partial charge on any atom is -0.768 e. The number of fused-ring (bicyclic) bond motifs is 1. The number of hydrogen-bond donors (Lipinski definition) is 4. The maximum Gasteiger partial charge on any atom is 0.222 e. The van der Waals surface area contributed by atoms with Gasteiger partial charge >= 0.3 is 0 Å². The van der Waals surface area contributed by atoms with E-state index in [1.807, 2.05) is 6.26 Å². The first kappa shape index (κ1) is 24.8. The van der Waals surface area contributed by atoms with E-state index in [2.05, 4.69) is 30.9 Å². The maximum absolute atomic E-state index is 11.0. The molecule has 1 fully saturated rings. The van der Waals surface area contributed by atoms with E-state index in [4.69, 9.17) is 4.74 Å². The number of thioether (sulfide) groups is 1. The third kappa shape index (κ3) is 7.92. The molecule has 0 saturated carbocycles. The fourth-order valence-electron chi connectivity index (χ4n) is 2.60. The molecular formula is C19H25N6O4S3-. The quantitative estimate of drug-likeness (QED) is 0.266. The highest BCUT2D eigenvalue weighted by Gasteiger charge is 2.09. The molecule has 0 aliphatic carbocycles. The summed E-state index contributed by atoms with van der Waals surface area (Å²) in [6.07, 6.45) is 4.71. The van der Waals surface area contributed by atoms with Crippen molar-refractivity contribution >= 4 is 55.5 Å². The van der Waals surface area contributed by atoms with Gasteiger partial charge < -0.3 is 30.3 Å². The monoisotopic (exact) mass is 497 g/mol. The van der Waals surface area contributed by atoms with Gasteiger partial charge in [0.2, 0.25) is 5.95 Å². The van der Waals surface area contributed by atoms with Crippen LogP contribution in [0.1, 0.15) is 0 Å². The van der Waals surface area contributed by atoms with Gasteiger partial charge in [-0.3, -0.25) is 4.21 Å². The van der Waals surface area contributed by atoms with Crippen LogP contribution >= 0.6 is 23.1 Å². The summed E-state index contributed by atoms with van der Waals surface area (Å²) >= 11 is 0.632. The van der Waals surface area contributed by atoms with E-state index in [1.54, 1.807) is 36.3 Å². The number of aromatic nitrogens is 3. The molecule has 1 aliphatic heterocycles. The molecule has 4 rings (SSSR count). The number of rotatable bonds is 8. The zero-order chi connectivity index (χ0) is 22.8. The van der Waals surface area contributed by atoms with Crippen molar-refractivity contribution in [3.05, 3.63) is 30.6 Å². The van der Waals surface area contributed by atoms with Crippen LogP contribution in [0.25, 0.3) is 10.2 Å². The molecule has 2 unspecified atom stereocenters. The van der Waals surface area contributed by atoms with Gasteiger partial charge in [-0.05, 0) is 35.5 Å². The second-order valence-corrected chi connectivity index (χ2v) is 9.46. The molecule has 0 radical (unpaired) electrons. The summed E-state index contributed by atoms with van der Waals surface area (Å²) in [5, 5.41) is 19.9. The molecule has 2 atom stereocenters.